The topological polar surface area (TPSA) is 93.9 Å². The first-order valence-corrected chi connectivity index (χ1v) is 5.17. The summed E-state index contributed by atoms with van der Waals surface area (Å²) in [6, 6.07) is 12.9. The van der Waals surface area contributed by atoms with Gasteiger partial charge in [-0.05, 0) is 30.3 Å². The summed E-state index contributed by atoms with van der Waals surface area (Å²) in [4.78, 5) is 10.3. The lowest BCUT2D eigenvalue weighted by molar-refractivity contribution is -0.384. The highest BCUT2D eigenvalue weighted by molar-refractivity contribution is 5.57. The van der Waals surface area contributed by atoms with Crippen molar-refractivity contribution in [3.8, 4) is 0 Å². The molecule has 0 heterocycles. The number of benzene rings is 2. The number of hydrogen-bond acceptors (Lipinski definition) is 5. The molecule has 2 aromatic rings. The zero-order chi connectivity index (χ0) is 13.0. The van der Waals surface area contributed by atoms with Gasteiger partial charge in [-0.15, -0.1) is 5.11 Å². The minimum atomic E-state index is -0.489. The molecule has 0 unspecified atom stereocenters. The van der Waals surface area contributed by atoms with E-state index in [1.165, 1.54) is 6.07 Å². The van der Waals surface area contributed by atoms with Crippen molar-refractivity contribution in [2.75, 3.05) is 5.73 Å². The van der Waals surface area contributed by atoms with Crippen LogP contribution in [0.4, 0.5) is 22.7 Å². The molecule has 0 fully saturated rings. The standard InChI is InChI=1S/C12H10N4O2/c13-9-5-7-10(8-6-9)14-15-11-3-1-2-4-12(11)16(17)18/h1-8H,13H2. The fourth-order valence-corrected chi connectivity index (χ4v) is 1.36. The number of hydrogen-bond donors (Lipinski definition) is 1. The number of anilines is 1. The van der Waals surface area contributed by atoms with E-state index in [0.717, 1.165) is 0 Å². The average molecular weight is 242 g/mol. The molecular weight excluding hydrogens is 232 g/mol. The largest absolute Gasteiger partial charge is 0.399 e. The Balaban J connectivity index is 2.29. The van der Waals surface area contributed by atoms with Gasteiger partial charge in [0.05, 0.1) is 10.6 Å². The summed E-state index contributed by atoms with van der Waals surface area (Å²) in [6.07, 6.45) is 0. The average Bonchev–Trinajstić information content (AvgIpc) is 2.38. The zero-order valence-corrected chi connectivity index (χ0v) is 9.35. The minimum absolute atomic E-state index is 0.0725. The molecule has 6 heteroatoms. The van der Waals surface area contributed by atoms with Gasteiger partial charge in [-0.2, -0.15) is 5.11 Å². The number of nitrogens with two attached hydrogens (primary N) is 1. The summed E-state index contributed by atoms with van der Waals surface area (Å²) in [7, 11) is 0. The summed E-state index contributed by atoms with van der Waals surface area (Å²) in [5.41, 5.74) is 6.90. The Bertz CT molecular complexity index is 593. The molecule has 0 aliphatic carbocycles. The van der Waals surface area contributed by atoms with Gasteiger partial charge in [0.1, 0.15) is 0 Å². The highest BCUT2D eigenvalue weighted by Crippen LogP contribution is 2.28. The number of para-hydroxylation sites is 1. The van der Waals surface area contributed by atoms with Crippen LogP contribution in [0, 0.1) is 10.1 Å². The van der Waals surface area contributed by atoms with E-state index in [2.05, 4.69) is 10.2 Å². The third-order valence-corrected chi connectivity index (χ3v) is 2.24. The number of nitro groups is 1. The number of nitrogen functional groups attached to an aromatic ring is 1. The molecule has 2 rings (SSSR count). The van der Waals surface area contributed by atoms with E-state index >= 15 is 0 Å². The van der Waals surface area contributed by atoms with Crippen LogP contribution in [0.15, 0.2) is 58.8 Å². The van der Waals surface area contributed by atoms with Crippen molar-refractivity contribution in [2.24, 2.45) is 10.2 Å². The predicted octanol–water partition coefficient (Wildman–Crippen LogP) is 3.59. The van der Waals surface area contributed by atoms with Crippen LogP contribution in [0.3, 0.4) is 0 Å². The van der Waals surface area contributed by atoms with Gasteiger partial charge in [0, 0.05) is 11.8 Å². The summed E-state index contributed by atoms with van der Waals surface area (Å²) < 4.78 is 0. The van der Waals surface area contributed by atoms with Gasteiger partial charge in [0.25, 0.3) is 5.69 Å². The molecule has 0 atom stereocenters. The van der Waals surface area contributed by atoms with Crippen LogP contribution in [0.2, 0.25) is 0 Å². The Morgan fingerprint density at radius 3 is 2.33 bits per heavy atom. The predicted molar refractivity (Wildman–Crippen MR) is 68.1 cm³/mol. The Hall–Kier alpha value is -2.76. The first kappa shape index (κ1) is 11.7. The second-order valence-corrected chi connectivity index (χ2v) is 3.54. The van der Waals surface area contributed by atoms with Gasteiger partial charge in [0.15, 0.2) is 5.69 Å². The Kier molecular flexibility index (Phi) is 3.29. The van der Waals surface area contributed by atoms with Crippen molar-refractivity contribution in [2.45, 2.75) is 0 Å². The van der Waals surface area contributed by atoms with Crippen LogP contribution < -0.4 is 5.73 Å². The van der Waals surface area contributed by atoms with Gasteiger partial charge >= 0.3 is 0 Å². The van der Waals surface area contributed by atoms with Crippen LogP contribution in [-0.4, -0.2) is 4.92 Å². The molecule has 0 aliphatic rings. The van der Waals surface area contributed by atoms with Crippen molar-refractivity contribution in [3.05, 3.63) is 58.6 Å². The first-order valence-electron chi connectivity index (χ1n) is 5.17. The van der Waals surface area contributed by atoms with E-state index < -0.39 is 4.92 Å². The van der Waals surface area contributed by atoms with E-state index in [1.807, 2.05) is 0 Å². The quantitative estimate of drug-likeness (QED) is 0.385. The van der Waals surface area contributed by atoms with Gasteiger partial charge in [-0.1, -0.05) is 12.1 Å². The van der Waals surface area contributed by atoms with Crippen molar-refractivity contribution in [1.29, 1.82) is 0 Å². The summed E-state index contributed by atoms with van der Waals surface area (Å²) in [5.74, 6) is 0. The highest BCUT2D eigenvalue weighted by atomic mass is 16.6. The van der Waals surface area contributed by atoms with Crippen molar-refractivity contribution in [1.82, 2.24) is 0 Å². The van der Waals surface area contributed by atoms with Crippen molar-refractivity contribution < 1.29 is 4.92 Å². The molecule has 0 saturated carbocycles. The maximum atomic E-state index is 10.8. The number of azo groups is 1. The summed E-state index contributed by atoms with van der Waals surface area (Å²) in [6.45, 7) is 0. The van der Waals surface area contributed by atoms with E-state index in [-0.39, 0.29) is 11.4 Å². The molecule has 0 radical (unpaired) electrons. The molecule has 2 aromatic carbocycles. The maximum absolute atomic E-state index is 10.8. The van der Waals surface area contributed by atoms with E-state index in [9.17, 15) is 10.1 Å². The van der Waals surface area contributed by atoms with E-state index in [0.29, 0.717) is 11.4 Å². The van der Waals surface area contributed by atoms with Gasteiger partial charge in [-0.3, -0.25) is 10.1 Å². The molecule has 90 valence electrons. The monoisotopic (exact) mass is 242 g/mol. The van der Waals surface area contributed by atoms with Crippen molar-refractivity contribution >= 4 is 22.7 Å². The van der Waals surface area contributed by atoms with Gasteiger partial charge < -0.3 is 5.73 Å². The highest BCUT2D eigenvalue weighted by Gasteiger charge is 2.11. The molecule has 18 heavy (non-hydrogen) atoms. The smallest absolute Gasteiger partial charge is 0.296 e. The lowest BCUT2D eigenvalue weighted by atomic mass is 10.3. The fourth-order valence-electron chi connectivity index (χ4n) is 1.36. The molecular formula is C12H10N4O2. The molecule has 0 aliphatic heterocycles. The number of nitro benzene ring substituents is 1. The molecule has 6 nitrogen and oxygen atoms in total. The molecule has 0 saturated heterocycles. The number of rotatable bonds is 3. The third-order valence-electron chi connectivity index (χ3n) is 2.24. The zero-order valence-electron chi connectivity index (χ0n) is 9.35. The second-order valence-electron chi connectivity index (χ2n) is 3.54. The Morgan fingerprint density at radius 1 is 1.00 bits per heavy atom. The normalized spacial score (nSPS) is 10.7. The summed E-state index contributed by atoms with van der Waals surface area (Å²) >= 11 is 0. The maximum Gasteiger partial charge on any atom is 0.296 e. The van der Waals surface area contributed by atoms with E-state index in [4.69, 9.17) is 5.73 Å². The van der Waals surface area contributed by atoms with Crippen LogP contribution in [0.5, 0.6) is 0 Å². The lowest BCUT2D eigenvalue weighted by Gasteiger charge is -1.96. The van der Waals surface area contributed by atoms with Crippen LogP contribution in [-0.2, 0) is 0 Å². The first-order chi connectivity index (χ1) is 8.66. The van der Waals surface area contributed by atoms with Crippen LogP contribution in [0.25, 0.3) is 0 Å². The summed E-state index contributed by atoms with van der Waals surface area (Å²) in [5, 5.41) is 18.6. The van der Waals surface area contributed by atoms with Crippen LogP contribution in [0.1, 0.15) is 0 Å². The third kappa shape index (κ3) is 2.67. The fraction of sp³-hybridized carbons (Fsp3) is 0. The molecule has 0 spiro atoms. The second kappa shape index (κ2) is 5.05. The van der Waals surface area contributed by atoms with E-state index in [1.54, 1.807) is 42.5 Å². The molecule has 2 N–H and O–H groups in total. The van der Waals surface area contributed by atoms with Gasteiger partial charge in [0.2, 0.25) is 0 Å². The van der Waals surface area contributed by atoms with Crippen molar-refractivity contribution in [3.63, 3.8) is 0 Å². The van der Waals surface area contributed by atoms with Crippen LogP contribution >= 0.6 is 0 Å². The number of nitrogens with zero attached hydrogens (tertiary/aromatic N) is 3. The Morgan fingerprint density at radius 2 is 1.67 bits per heavy atom. The SMILES string of the molecule is Nc1ccc(N=Nc2ccccc2[N+](=O)[O-])cc1. The minimum Gasteiger partial charge on any atom is -0.399 e. The molecule has 0 aromatic heterocycles. The lowest BCUT2D eigenvalue weighted by Crippen LogP contribution is -1.87. The Labute approximate surface area is 103 Å². The molecule has 0 amide bonds. The molecule has 0 bridgehead atoms. The van der Waals surface area contributed by atoms with Gasteiger partial charge in [-0.25, -0.2) is 0 Å².